The predicted octanol–water partition coefficient (Wildman–Crippen LogP) is 2.45. The summed E-state index contributed by atoms with van der Waals surface area (Å²) in [5.41, 5.74) is 0.740. The average molecular weight is 301 g/mol. The van der Waals surface area contributed by atoms with Crippen LogP contribution < -0.4 is 5.32 Å². The minimum absolute atomic E-state index is 0.240. The topological polar surface area (TPSA) is 67.2 Å². The number of hydrogen-bond acceptors (Lipinski definition) is 3. The molecule has 0 saturated heterocycles. The molecule has 0 spiro atoms. The normalized spacial score (nSPS) is 19.0. The first kappa shape index (κ1) is 15.0. The number of carbonyl (C=O) groups excluding carboxylic acids is 1. The van der Waals surface area contributed by atoms with Gasteiger partial charge in [-0.05, 0) is 31.9 Å². The van der Waals surface area contributed by atoms with Gasteiger partial charge in [-0.2, -0.15) is 0 Å². The molecule has 22 heavy (non-hydrogen) atoms. The van der Waals surface area contributed by atoms with E-state index >= 15 is 0 Å². The van der Waals surface area contributed by atoms with E-state index in [2.05, 4.69) is 10.3 Å². The quantitative estimate of drug-likeness (QED) is 0.915. The second-order valence-electron chi connectivity index (χ2n) is 6.31. The van der Waals surface area contributed by atoms with Crippen LogP contribution in [0.5, 0.6) is 0 Å². The van der Waals surface area contributed by atoms with Crippen molar-refractivity contribution in [2.45, 2.75) is 50.7 Å². The Morgan fingerprint density at radius 2 is 2.00 bits per heavy atom. The van der Waals surface area contributed by atoms with Crippen LogP contribution in [0.25, 0.3) is 11.0 Å². The van der Waals surface area contributed by atoms with Crippen molar-refractivity contribution in [1.82, 2.24) is 14.9 Å². The maximum absolute atomic E-state index is 12.4. The molecule has 118 valence electrons. The van der Waals surface area contributed by atoms with Gasteiger partial charge in [0.25, 0.3) is 5.91 Å². The summed E-state index contributed by atoms with van der Waals surface area (Å²) in [7, 11) is 1.95. The zero-order valence-electron chi connectivity index (χ0n) is 13.2. The smallest absolute Gasteiger partial charge is 0.252 e. The van der Waals surface area contributed by atoms with E-state index in [0.717, 1.165) is 36.1 Å². The molecule has 3 rings (SSSR count). The van der Waals surface area contributed by atoms with Crippen LogP contribution in [0.4, 0.5) is 0 Å². The summed E-state index contributed by atoms with van der Waals surface area (Å²) in [5.74, 6) is 0.528. The minimum atomic E-state index is -1.21. The molecule has 1 aromatic carbocycles. The van der Waals surface area contributed by atoms with Gasteiger partial charge in [-0.15, -0.1) is 0 Å². The highest BCUT2D eigenvalue weighted by atomic mass is 16.3. The van der Waals surface area contributed by atoms with Crippen LogP contribution in [0.3, 0.4) is 0 Å². The van der Waals surface area contributed by atoms with Crippen LogP contribution in [0.2, 0.25) is 0 Å². The first-order chi connectivity index (χ1) is 10.5. The number of nitrogens with zero attached hydrogens (tertiary/aromatic N) is 2. The van der Waals surface area contributed by atoms with Crippen molar-refractivity contribution in [1.29, 1.82) is 0 Å². The van der Waals surface area contributed by atoms with Gasteiger partial charge < -0.3 is 15.0 Å². The third-order valence-electron chi connectivity index (χ3n) is 4.66. The molecule has 0 radical (unpaired) electrons. The van der Waals surface area contributed by atoms with Crippen molar-refractivity contribution in [2.24, 2.45) is 7.05 Å². The Labute approximate surface area is 130 Å². The fourth-order valence-electron chi connectivity index (χ4n) is 3.31. The number of nitrogens with one attached hydrogen (secondary N) is 1. The summed E-state index contributed by atoms with van der Waals surface area (Å²) >= 11 is 0. The Kier molecular flexibility index (Phi) is 3.91. The number of aliphatic hydroxyl groups is 1. The van der Waals surface area contributed by atoms with Crippen LogP contribution in [0, 0.1) is 0 Å². The number of aryl methyl sites for hydroxylation is 1. The third kappa shape index (κ3) is 2.61. The van der Waals surface area contributed by atoms with Gasteiger partial charge in [0.2, 0.25) is 0 Å². The molecule has 0 bridgehead atoms. The number of rotatable bonds is 3. The number of imidazole rings is 1. The largest absolute Gasteiger partial charge is 0.380 e. The minimum Gasteiger partial charge on any atom is -0.380 e. The number of carbonyl (C=O) groups is 1. The molecule has 0 aliphatic heterocycles. The Morgan fingerprint density at radius 1 is 1.32 bits per heavy atom. The van der Waals surface area contributed by atoms with E-state index in [1.807, 2.05) is 42.8 Å². The van der Waals surface area contributed by atoms with E-state index in [-0.39, 0.29) is 11.9 Å². The van der Waals surface area contributed by atoms with Crippen molar-refractivity contribution >= 4 is 16.9 Å². The number of amides is 1. The van der Waals surface area contributed by atoms with E-state index in [1.165, 1.54) is 0 Å². The molecule has 0 unspecified atom stereocenters. The first-order valence-corrected chi connectivity index (χ1v) is 7.96. The van der Waals surface area contributed by atoms with E-state index in [1.54, 1.807) is 0 Å². The van der Waals surface area contributed by atoms with E-state index in [0.29, 0.717) is 12.8 Å². The zero-order chi connectivity index (χ0) is 15.7. The van der Waals surface area contributed by atoms with Crippen LogP contribution in [0.1, 0.15) is 50.9 Å². The Morgan fingerprint density at radius 3 is 2.68 bits per heavy atom. The van der Waals surface area contributed by atoms with Crippen LogP contribution in [-0.4, -0.2) is 26.2 Å². The highest BCUT2D eigenvalue weighted by Crippen LogP contribution is 2.29. The standard InChI is InChI=1S/C17H23N3O2/c1-12(18-16(21)17(22)10-6-3-7-11-17)15-19-13-8-4-5-9-14(13)20(15)2/h4-5,8-9,12,22H,3,6-7,10-11H2,1-2H3,(H,18,21)/t12-/m1/s1. The summed E-state index contributed by atoms with van der Waals surface area (Å²) < 4.78 is 1.99. The number of aromatic nitrogens is 2. The highest BCUT2D eigenvalue weighted by molar-refractivity contribution is 5.85. The first-order valence-electron chi connectivity index (χ1n) is 7.96. The zero-order valence-corrected chi connectivity index (χ0v) is 13.2. The molecular weight excluding hydrogens is 278 g/mol. The van der Waals surface area contributed by atoms with Gasteiger partial charge in [0.05, 0.1) is 17.1 Å². The van der Waals surface area contributed by atoms with E-state index in [9.17, 15) is 9.90 Å². The van der Waals surface area contributed by atoms with Crippen molar-refractivity contribution < 1.29 is 9.90 Å². The molecule has 1 aliphatic rings. The lowest BCUT2D eigenvalue weighted by atomic mass is 9.84. The maximum Gasteiger partial charge on any atom is 0.252 e. The molecule has 1 aliphatic carbocycles. The van der Waals surface area contributed by atoms with E-state index in [4.69, 9.17) is 0 Å². The van der Waals surface area contributed by atoms with E-state index < -0.39 is 5.60 Å². The molecule has 1 saturated carbocycles. The van der Waals surface area contributed by atoms with Crippen molar-refractivity contribution in [3.05, 3.63) is 30.1 Å². The van der Waals surface area contributed by atoms with Crippen LogP contribution in [-0.2, 0) is 11.8 Å². The monoisotopic (exact) mass is 301 g/mol. The second kappa shape index (κ2) is 5.72. The van der Waals surface area contributed by atoms with Gasteiger partial charge in [-0.1, -0.05) is 31.4 Å². The fraction of sp³-hybridized carbons (Fsp3) is 0.529. The van der Waals surface area contributed by atoms with Gasteiger partial charge in [0.1, 0.15) is 11.4 Å². The van der Waals surface area contributed by atoms with Gasteiger partial charge >= 0.3 is 0 Å². The Bertz CT molecular complexity index is 686. The van der Waals surface area contributed by atoms with Gasteiger partial charge in [0, 0.05) is 7.05 Å². The summed E-state index contributed by atoms with van der Waals surface area (Å²) in [6.45, 7) is 1.91. The third-order valence-corrected chi connectivity index (χ3v) is 4.66. The van der Waals surface area contributed by atoms with Gasteiger partial charge in [-0.25, -0.2) is 4.98 Å². The Balaban J connectivity index is 1.79. The molecule has 1 atom stereocenters. The fourth-order valence-corrected chi connectivity index (χ4v) is 3.31. The summed E-state index contributed by atoms with van der Waals surface area (Å²) in [6.07, 6.45) is 4.01. The van der Waals surface area contributed by atoms with Crippen molar-refractivity contribution in [3.8, 4) is 0 Å². The lowest BCUT2D eigenvalue weighted by molar-refractivity contribution is -0.143. The second-order valence-corrected chi connectivity index (χ2v) is 6.31. The molecule has 1 aromatic heterocycles. The lowest BCUT2D eigenvalue weighted by Gasteiger charge is -2.31. The molecule has 2 N–H and O–H groups in total. The summed E-state index contributed by atoms with van der Waals surface area (Å²) in [4.78, 5) is 17.0. The number of fused-ring (bicyclic) bond motifs is 1. The molecule has 1 fully saturated rings. The number of para-hydroxylation sites is 2. The Hall–Kier alpha value is -1.88. The lowest BCUT2D eigenvalue weighted by Crippen LogP contribution is -2.48. The SMILES string of the molecule is C[C@@H](NC(=O)C1(O)CCCCC1)c1nc2ccccc2n1C. The van der Waals surface area contributed by atoms with Crippen molar-refractivity contribution in [3.63, 3.8) is 0 Å². The molecule has 1 heterocycles. The van der Waals surface area contributed by atoms with Gasteiger partial charge in [0.15, 0.2) is 0 Å². The summed E-state index contributed by atoms with van der Waals surface area (Å²) in [6, 6.07) is 7.65. The van der Waals surface area contributed by atoms with Gasteiger partial charge in [-0.3, -0.25) is 4.79 Å². The molecule has 5 heteroatoms. The number of benzene rings is 1. The average Bonchev–Trinajstić information content (AvgIpc) is 2.86. The van der Waals surface area contributed by atoms with Crippen molar-refractivity contribution in [2.75, 3.05) is 0 Å². The molecule has 5 nitrogen and oxygen atoms in total. The summed E-state index contributed by atoms with van der Waals surface area (Å²) in [5, 5.41) is 13.4. The van der Waals surface area contributed by atoms with Crippen LogP contribution in [0.15, 0.2) is 24.3 Å². The van der Waals surface area contributed by atoms with Crippen LogP contribution >= 0.6 is 0 Å². The number of hydrogen-bond donors (Lipinski definition) is 2. The molecule has 2 aromatic rings. The molecule has 1 amide bonds. The predicted molar refractivity (Wildman–Crippen MR) is 85.3 cm³/mol. The maximum atomic E-state index is 12.4. The highest BCUT2D eigenvalue weighted by Gasteiger charge is 2.37. The molecular formula is C17H23N3O2.